The van der Waals surface area contributed by atoms with Gasteiger partial charge in [0.15, 0.2) is 6.10 Å². The summed E-state index contributed by atoms with van der Waals surface area (Å²) in [7, 11) is 0. The van der Waals surface area contributed by atoms with Gasteiger partial charge in [0.25, 0.3) is 0 Å². The Morgan fingerprint density at radius 3 is 0.886 bits per heavy atom. The molecule has 0 radical (unpaired) electrons. The van der Waals surface area contributed by atoms with Crippen molar-refractivity contribution in [1.29, 1.82) is 0 Å². The SMILES string of the molecule is CC/C=C\C/C=C\C/C=C\C/C=C\C/C=C\C/C=C\CCCCCCCCC(=O)OCC(COC(=O)C/C=C\C/C=C\C/C=C\C/C=C\C/C=C\CC)OC(=O)CCCCCCCCCCCCCCCCCCCCCCC. The van der Waals surface area contributed by atoms with Crippen LogP contribution in [0.4, 0.5) is 0 Å². The molecule has 0 aliphatic heterocycles. The molecule has 79 heavy (non-hydrogen) atoms. The number of rotatable bonds is 58. The summed E-state index contributed by atoms with van der Waals surface area (Å²) in [5, 5.41) is 0. The summed E-state index contributed by atoms with van der Waals surface area (Å²) in [6.07, 6.45) is 93.4. The normalized spacial score (nSPS) is 13.0. The first-order valence-electron chi connectivity index (χ1n) is 32.7. The Labute approximate surface area is 487 Å². The highest BCUT2D eigenvalue weighted by atomic mass is 16.6. The van der Waals surface area contributed by atoms with Crippen LogP contribution in [0.5, 0.6) is 0 Å². The molecule has 0 aromatic rings. The Hall–Kier alpha value is -4.45. The van der Waals surface area contributed by atoms with E-state index in [-0.39, 0.29) is 31.6 Å². The molecule has 0 amide bonds. The maximum absolute atomic E-state index is 12.9. The van der Waals surface area contributed by atoms with Crippen LogP contribution in [0.25, 0.3) is 0 Å². The quantitative estimate of drug-likeness (QED) is 0.0261. The number of unbranched alkanes of at least 4 members (excludes halogenated alkanes) is 26. The number of carbonyl (C=O) groups is 3. The van der Waals surface area contributed by atoms with Crippen molar-refractivity contribution < 1.29 is 28.6 Å². The summed E-state index contributed by atoms with van der Waals surface area (Å²) >= 11 is 0. The van der Waals surface area contributed by atoms with Crippen LogP contribution < -0.4 is 0 Å². The highest BCUT2D eigenvalue weighted by Gasteiger charge is 2.19. The highest BCUT2D eigenvalue weighted by molar-refractivity contribution is 5.72. The summed E-state index contributed by atoms with van der Waals surface area (Å²) in [5.41, 5.74) is 0. The number of hydrogen-bond acceptors (Lipinski definition) is 6. The molecule has 6 heteroatoms. The Bertz CT molecular complexity index is 1680. The third kappa shape index (κ3) is 64.3. The summed E-state index contributed by atoms with van der Waals surface area (Å²) in [6.45, 7) is 6.33. The molecule has 0 heterocycles. The van der Waals surface area contributed by atoms with E-state index in [1.807, 2.05) is 6.08 Å². The average Bonchev–Trinajstić information content (AvgIpc) is 3.45. The van der Waals surface area contributed by atoms with Gasteiger partial charge in [0.2, 0.25) is 0 Å². The van der Waals surface area contributed by atoms with E-state index >= 15 is 0 Å². The zero-order valence-electron chi connectivity index (χ0n) is 51.3. The van der Waals surface area contributed by atoms with E-state index in [2.05, 4.69) is 142 Å². The minimum absolute atomic E-state index is 0.118. The van der Waals surface area contributed by atoms with Gasteiger partial charge in [-0.1, -0.05) is 309 Å². The van der Waals surface area contributed by atoms with Crippen molar-refractivity contribution in [3.05, 3.63) is 134 Å². The minimum Gasteiger partial charge on any atom is -0.462 e. The van der Waals surface area contributed by atoms with Crippen LogP contribution in [-0.4, -0.2) is 37.2 Å². The Morgan fingerprint density at radius 2 is 0.544 bits per heavy atom. The number of carbonyl (C=O) groups excluding carboxylic acids is 3. The van der Waals surface area contributed by atoms with Gasteiger partial charge in [0.1, 0.15) is 13.2 Å². The van der Waals surface area contributed by atoms with Crippen LogP contribution in [0.15, 0.2) is 134 Å². The summed E-state index contributed by atoms with van der Waals surface area (Å²) in [6, 6.07) is 0. The third-order valence-corrected chi connectivity index (χ3v) is 13.7. The van der Waals surface area contributed by atoms with Crippen molar-refractivity contribution in [2.75, 3.05) is 13.2 Å². The minimum atomic E-state index is -0.829. The molecule has 1 unspecified atom stereocenters. The van der Waals surface area contributed by atoms with E-state index in [0.29, 0.717) is 12.8 Å². The molecular formula is C73H120O6. The molecular weight excluding hydrogens is 973 g/mol. The first-order valence-corrected chi connectivity index (χ1v) is 32.7. The van der Waals surface area contributed by atoms with E-state index in [0.717, 1.165) is 122 Å². The van der Waals surface area contributed by atoms with Crippen molar-refractivity contribution in [2.45, 2.75) is 297 Å². The maximum atomic E-state index is 12.9. The topological polar surface area (TPSA) is 78.9 Å². The number of hydrogen-bond donors (Lipinski definition) is 0. The molecule has 0 aromatic carbocycles. The van der Waals surface area contributed by atoms with Crippen molar-refractivity contribution >= 4 is 17.9 Å². The van der Waals surface area contributed by atoms with Crippen LogP contribution in [0.3, 0.4) is 0 Å². The zero-order chi connectivity index (χ0) is 57.1. The molecule has 0 spiro atoms. The second-order valence-electron chi connectivity index (χ2n) is 21.3. The first-order chi connectivity index (χ1) is 39.0. The van der Waals surface area contributed by atoms with Gasteiger partial charge >= 0.3 is 17.9 Å². The van der Waals surface area contributed by atoms with Crippen LogP contribution in [-0.2, 0) is 28.6 Å². The average molecular weight is 1090 g/mol. The van der Waals surface area contributed by atoms with Gasteiger partial charge in [-0.2, -0.15) is 0 Å². The molecule has 0 bridgehead atoms. The van der Waals surface area contributed by atoms with Gasteiger partial charge in [-0.05, 0) is 96.3 Å². The third-order valence-electron chi connectivity index (χ3n) is 13.7. The molecule has 0 fully saturated rings. The van der Waals surface area contributed by atoms with Gasteiger partial charge in [0, 0.05) is 12.8 Å². The molecule has 0 rings (SSSR count). The molecule has 0 aromatic heterocycles. The summed E-state index contributed by atoms with van der Waals surface area (Å²) in [5.74, 6) is -1.06. The van der Waals surface area contributed by atoms with Crippen LogP contribution in [0.1, 0.15) is 290 Å². The molecule has 0 saturated heterocycles. The largest absolute Gasteiger partial charge is 0.462 e. The summed E-state index contributed by atoms with van der Waals surface area (Å²) in [4.78, 5) is 38.3. The smallest absolute Gasteiger partial charge is 0.309 e. The van der Waals surface area contributed by atoms with E-state index < -0.39 is 12.1 Å². The Morgan fingerprint density at radius 1 is 0.278 bits per heavy atom. The van der Waals surface area contributed by atoms with Gasteiger partial charge in [-0.25, -0.2) is 0 Å². The Kier molecular flexibility index (Phi) is 62.3. The van der Waals surface area contributed by atoms with Gasteiger partial charge < -0.3 is 14.2 Å². The second kappa shape index (κ2) is 66.1. The fraction of sp³-hybridized carbons (Fsp3) is 0.658. The second-order valence-corrected chi connectivity index (χ2v) is 21.3. The van der Waals surface area contributed by atoms with Crippen LogP contribution in [0, 0.1) is 0 Å². The summed E-state index contributed by atoms with van der Waals surface area (Å²) < 4.78 is 16.8. The fourth-order valence-corrected chi connectivity index (χ4v) is 8.87. The number of esters is 3. The standard InChI is InChI=1S/C73H120O6/c1-4-7-10-13-16-19-22-25-28-30-32-34-35-36-37-39-40-42-45-48-51-54-57-60-63-66-72(75)78-69-70(68-77-71(74)65-62-59-56-53-50-47-44-27-24-21-18-15-12-9-6-3)79-73(76)67-64-61-58-55-52-49-46-43-41-38-33-31-29-26-23-20-17-14-11-8-5-2/h7,9-10,12,16,18-19,21,25,27-28,32,34,36-37,40,42,44,50,53,59,62,70H,4-6,8,11,13-15,17,20,22-24,26,29-31,33,35,38-39,41,43,45-49,51-52,54-58,60-61,63-69H2,1-3H3/b10-7-,12-9-,19-16-,21-18-,28-25-,34-32-,37-36-,42-40-,44-27-,53-50-,62-59-. The molecule has 0 N–H and O–H groups in total. The van der Waals surface area contributed by atoms with Crippen molar-refractivity contribution in [2.24, 2.45) is 0 Å². The molecule has 448 valence electrons. The van der Waals surface area contributed by atoms with Gasteiger partial charge in [-0.15, -0.1) is 0 Å². The lowest BCUT2D eigenvalue weighted by Gasteiger charge is -2.18. The van der Waals surface area contributed by atoms with Gasteiger partial charge in [-0.3, -0.25) is 14.4 Å². The predicted octanol–water partition coefficient (Wildman–Crippen LogP) is 22.5. The molecule has 0 saturated carbocycles. The zero-order valence-corrected chi connectivity index (χ0v) is 51.3. The number of allylic oxidation sites excluding steroid dienone is 21. The molecule has 0 aliphatic rings. The van der Waals surface area contributed by atoms with Crippen LogP contribution in [0.2, 0.25) is 0 Å². The number of ether oxygens (including phenoxy) is 3. The van der Waals surface area contributed by atoms with Crippen LogP contribution >= 0.6 is 0 Å². The van der Waals surface area contributed by atoms with Crippen molar-refractivity contribution in [1.82, 2.24) is 0 Å². The predicted molar refractivity (Wildman–Crippen MR) is 343 cm³/mol. The lowest BCUT2D eigenvalue weighted by molar-refractivity contribution is -0.166. The van der Waals surface area contributed by atoms with Gasteiger partial charge in [0.05, 0.1) is 6.42 Å². The van der Waals surface area contributed by atoms with E-state index in [1.54, 1.807) is 6.08 Å². The molecule has 1 atom stereocenters. The Balaban J connectivity index is 4.45. The maximum Gasteiger partial charge on any atom is 0.309 e. The van der Waals surface area contributed by atoms with E-state index in [1.165, 1.54) is 128 Å². The van der Waals surface area contributed by atoms with E-state index in [9.17, 15) is 14.4 Å². The van der Waals surface area contributed by atoms with Crippen molar-refractivity contribution in [3.8, 4) is 0 Å². The molecule has 6 nitrogen and oxygen atoms in total. The lowest BCUT2D eigenvalue weighted by Crippen LogP contribution is -2.30. The molecule has 0 aliphatic carbocycles. The first kappa shape index (κ1) is 74.5. The lowest BCUT2D eigenvalue weighted by atomic mass is 10.0. The van der Waals surface area contributed by atoms with E-state index in [4.69, 9.17) is 14.2 Å². The highest BCUT2D eigenvalue weighted by Crippen LogP contribution is 2.16. The van der Waals surface area contributed by atoms with Crippen molar-refractivity contribution in [3.63, 3.8) is 0 Å². The fourth-order valence-electron chi connectivity index (χ4n) is 8.87. The monoisotopic (exact) mass is 1090 g/mol.